The number of alkyl halides is 1. The first kappa shape index (κ1) is 8.31. The molecule has 64 valence electrons. The monoisotopic (exact) mass is 224 g/mol. The van der Waals surface area contributed by atoms with Crippen LogP contribution in [0.5, 0.6) is 0 Å². The summed E-state index contributed by atoms with van der Waals surface area (Å²) in [5.41, 5.74) is 1.43. The molecule has 1 saturated carbocycles. The lowest BCUT2D eigenvalue weighted by molar-refractivity contribution is 0.312. The lowest BCUT2D eigenvalue weighted by Gasteiger charge is -2.30. The highest BCUT2D eigenvalue weighted by molar-refractivity contribution is 9.09. The van der Waals surface area contributed by atoms with Gasteiger partial charge in [-0.1, -0.05) is 52.7 Å². The van der Waals surface area contributed by atoms with Gasteiger partial charge < -0.3 is 0 Å². The van der Waals surface area contributed by atoms with Crippen molar-refractivity contribution in [1.82, 2.24) is 0 Å². The largest absolute Gasteiger partial charge is 0.0836 e. The summed E-state index contributed by atoms with van der Waals surface area (Å²) >= 11 is 3.76. The van der Waals surface area contributed by atoms with Crippen molar-refractivity contribution in [3.05, 3.63) is 35.9 Å². The zero-order valence-corrected chi connectivity index (χ0v) is 8.63. The summed E-state index contributed by atoms with van der Waals surface area (Å²) in [4.78, 5) is 0.590. The molecule has 1 atom stereocenters. The Morgan fingerprint density at radius 2 is 1.83 bits per heavy atom. The fourth-order valence-electron chi connectivity index (χ4n) is 1.64. The van der Waals surface area contributed by atoms with E-state index in [0.29, 0.717) is 4.83 Å². The van der Waals surface area contributed by atoms with Crippen molar-refractivity contribution in [1.29, 1.82) is 0 Å². The lowest BCUT2D eigenvalue weighted by atomic mass is 9.81. The molecule has 0 N–H and O–H groups in total. The highest BCUT2D eigenvalue weighted by atomic mass is 79.9. The van der Waals surface area contributed by atoms with Crippen LogP contribution in [0.1, 0.15) is 29.7 Å². The van der Waals surface area contributed by atoms with E-state index in [0.717, 1.165) is 5.92 Å². The van der Waals surface area contributed by atoms with E-state index in [1.165, 1.54) is 24.8 Å². The van der Waals surface area contributed by atoms with Gasteiger partial charge in [0.1, 0.15) is 0 Å². The minimum atomic E-state index is 0.590. The lowest BCUT2D eigenvalue weighted by Crippen LogP contribution is -2.15. The molecule has 0 aliphatic heterocycles. The van der Waals surface area contributed by atoms with Gasteiger partial charge in [-0.25, -0.2) is 0 Å². The summed E-state index contributed by atoms with van der Waals surface area (Å²) in [6.07, 6.45) is 4.20. The molecule has 12 heavy (non-hydrogen) atoms. The minimum Gasteiger partial charge on any atom is -0.0836 e. The number of halogens is 1. The molecule has 1 aromatic carbocycles. The van der Waals surface area contributed by atoms with Crippen molar-refractivity contribution >= 4 is 15.9 Å². The van der Waals surface area contributed by atoms with Gasteiger partial charge in [0.05, 0.1) is 0 Å². The van der Waals surface area contributed by atoms with Gasteiger partial charge in [0.2, 0.25) is 0 Å². The first-order valence-corrected chi connectivity index (χ1v) is 5.48. The van der Waals surface area contributed by atoms with Crippen molar-refractivity contribution in [2.24, 2.45) is 5.92 Å². The molecule has 0 aromatic heterocycles. The van der Waals surface area contributed by atoms with Gasteiger partial charge in [-0.15, -0.1) is 0 Å². The number of hydrogen-bond acceptors (Lipinski definition) is 0. The summed E-state index contributed by atoms with van der Waals surface area (Å²) in [7, 11) is 0. The zero-order valence-electron chi connectivity index (χ0n) is 7.04. The third kappa shape index (κ3) is 1.56. The highest BCUT2D eigenvalue weighted by Crippen LogP contribution is 2.42. The predicted molar refractivity (Wildman–Crippen MR) is 55.5 cm³/mol. The Labute approximate surface area is 82.1 Å². The van der Waals surface area contributed by atoms with E-state index in [1.807, 2.05) is 0 Å². The quantitative estimate of drug-likeness (QED) is 0.669. The van der Waals surface area contributed by atoms with Gasteiger partial charge in [0.15, 0.2) is 0 Å². The van der Waals surface area contributed by atoms with Crippen LogP contribution in [-0.4, -0.2) is 0 Å². The van der Waals surface area contributed by atoms with Gasteiger partial charge in [0.25, 0.3) is 0 Å². The van der Waals surface area contributed by atoms with E-state index < -0.39 is 0 Å². The predicted octanol–water partition coefficient (Wildman–Crippen LogP) is 3.92. The Balaban J connectivity index is 2.08. The maximum atomic E-state index is 3.76. The third-order valence-corrected chi connectivity index (χ3v) is 3.96. The van der Waals surface area contributed by atoms with E-state index in [-0.39, 0.29) is 0 Å². The van der Waals surface area contributed by atoms with Crippen molar-refractivity contribution in [2.45, 2.75) is 24.1 Å². The average Bonchev–Trinajstić information content (AvgIpc) is 2.03. The van der Waals surface area contributed by atoms with Gasteiger partial charge in [-0.05, 0) is 24.3 Å². The molecule has 0 spiro atoms. The summed E-state index contributed by atoms with van der Waals surface area (Å²) in [5, 5.41) is 0. The molecule has 0 heterocycles. The first-order chi connectivity index (χ1) is 5.88. The Kier molecular flexibility index (Phi) is 2.50. The molecule has 0 radical (unpaired) electrons. The average molecular weight is 225 g/mol. The fourth-order valence-corrected chi connectivity index (χ4v) is 2.48. The third-order valence-electron chi connectivity index (χ3n) is 2.68. The SMILES string of the molecule is Br[C@H](c1ccccc1)C1CCC1. The number of hydrogen-bond donors (Lipinski definition) is 0. The van der Waals surface area contributed by atoms with Gasteiger partial charge >= 0.3 is 0 Å². The Morgan fingerprint density at radius 1 is 1.17 bits per heavy atom. The number of benzene rings is 1. The molecule has 1 heteroatoms. The molecule has 0 saturated heterocycles. The Hall–Kier alpha value is -0.300. The van der Waals surface area contributed by atoms with Gasteiger partial charge in [-0.2, -0.15) is 0 Å². The molecule has 0 unspecified atom stereocenters. The van der Waals surface area contributed by atoms with Crippen molar-refractivity contribution in [3.8, 4) is 0 Å². The molecule has 0 bridgehead atoms. The summed E-state index contributed by atoms with van der Waals surface area (Å²) < 4.78 is 0. The van der Waals surface area contributed by atoms with Crippen LogP contribution in [0.25, 0.3) is 0 Å². The van der Waals surface area contributed by atoms with Crippen LogP contribution in [0, 0.1) is 5.92 Å². The maximum Gasteiger partial charge on any atom is 0.0423 e. The Morgan fingerprint density at radius 3 is 2.33 bits per heavy atom. The summed E-state index contributed by atoms with van der Waals surface area (Å²) in [6.45, 7) is 0. The van der Waals surface area contributed by atoms with E-state index in [4.69, 9.17) is 0 Å². The van der Waals surface area contributed by atoms with Crippen molar-refractivity contribution in [2.75, 3.05) is 0 Å². The molecule has 1 fully saturated rings. The molecule has 1 aromatic rings. The normalized spacial score (nSPS) is 20.1. The standard InChI is InChI=1S/C11H13Br/c12-11(10-7-4-8-10)9-5-2-1-3-6-9/h1-3,5-6,10-11H,4,7-8H2/t11-/m1/s1. The maximum absolute atomic E-state index is 3.76. The van der Waals surface area contributed by atoms with Crippen molar-refractivity contribution in [3.63, 3.8) is 0 Å². The topological polar surface area (TPSA) is 0 Å². The van der Waals surface area contributed by atoms with E-state index in [2.05, 4.69) is 46.3 Å². The van der Waals surface area contributed by atoms with Crippen LogP contribution in [0.15, 0.2) is 30.3 Å². The van der Waals surface area contributed by atoms with E-state index in [1.54, 1.807) is 0 Å². The number of rotatable bonds is 2. The van der Waals surface area contributed by atoms with Gasteiger partial charge in [-0.3, -0.25) is 0 Å². The molecule has 0 nitrogen and oxygen atoms in total. The minimum absolute atomic E-state index is 0.590. The molecular formula is C11H13Br. The molecule has 1 aliphatic carbocycles. The highest BCUT2D eigenvalue weighted by Gasteiger charge is 2.25. The fraction of sp³-hybridized carbons (Fsp3) is 0.455. The van der Waals surface area contributed by atoms with Crippen LogP contribution >= 0.6 is 15.9 Å². The van der Waals surface area contributed by atoms with Crippen LogP contribution in [0.2, 0.25) is 0 Å². The van der Waals surface area contributed by atoms with E-state index >= 15 is 0 Å². The second kappa shape index (κ2) is 3.61. The summed E-state index contributed by atoms with van der Waals surface area (Å²) in [5.74, 6) is 0.882. The molecule has 1 aliphatic rings. The second-order valence-electron chi connectivity index (χ2n) is 3.50. The smallest absolute Gasteiger partial charge is 0.0423 e. The Bertz CT molecular complexity index is 238. The molecule has 2 rings (SSSR count). The van der Waals surface area contributed by atoms with Crippen LogP contribution in [0.3, 0.4) is 0 Å². The van der Waals surface area contributed by atoms with Crippen molar-refractivity contribution < 1.29 is 0 Å². The van der Waals surface area contributed by atoms with Gasteiger partial charge in [0, 0.05) is 4.83 Å². The molecular weight excluding hydrogens is 212 g/mol. The molecule has 0 amide bonds. The van der Waals surface area contributed by atoms with Crippen LogP contribution in [-0.2, 0) is 0 Å². The van der Waals surface area contributed by atoms with E-state index in [9.17, 15) is 0 Å². The van der Waals surface area contributed by atoms with Crippen LogP contribution in [0.4, 0.5) is 0 Å². The first-order valence-electron chi connectivity index (χ1n) is 4.57. The summed E-state index contributed by atoms with van der Waals surface area (Å²) in [6, 6.07) is 10.7. The second-order valence-corrected chi connectivity index (χ2v) is 4.49. The zero-order chi connectivity index (χ0) is 8.39. The van der Waals surface area contributed by atoms with Crippen LogP contribution < -0.4 is 0 Å².